The van der Waals surface area contributed by atoms with Crippen molar-refractivity contribution in [2.45, 2.75) is 43.3 Å². The molecule has 168 valence electrons. The molecule has 1 aromatic heterocycles. The molecule has 0 saturated carbocycles. The second kappa shape index (κ2) is 8.99. The zero-order valence-electron chi connectivity index (χ0n) is 18.0. The van der Waals surface area contributed by atoms with Crippen LogP contribution in [0.3, 0.4) is 0 Å². The van der Waals surface area contributed by atoms with Crippen molar-refractivity contribution in [1.82, 2.24) is 4.98 Å². The molecule has 1 fully saturated rings. The first-order valence-electron chi connectivity index (χ1n) is 10.5. The Labute approximate surface area is 191 Å². The van der Waals surface area contributed by atoms with E-state index < -0.39 is 20.0 Å². The van der Waals surface area contributed by atoms with Crippen LogP contribution in [0.2, 0.25) is 0 Å². The maximum absolute atomic E-state index is 13.0. The van der Waals surface area contributed by atoms with E-state index in [-0.39, 0.29) is 10.6 Å². The van der Waals surface area contributed by atoms with Crippen molar-refractivity contribution in [2.24, 2.45) is 0 Å². The Morgan fingerprint density at radius 1 is 1.12 bits per heavy atom. The van der Waals surface area contributed by atoms with Gasteiger partial charge in [0, 0.05) is 37.0 Å². The average Bonchev–Trinajstić information content (AvgIpc) is 3.25. The van der Waals surface area contributed by atoms with E-state index >= 15 is 0 Å². The first-order chi connectivity index (χ1) is 15.3. The molecule has 9 heteroatoms. The molecule has 2 heterocycles. The molecule has 0 unspecified atom stereocenters. The molecule has 32 heavy (non-hydrogen) atoms. The zero-order valence-corrected chi connectivity index (χ0v) is 19.7. The minimum Gasteiger partial charge on any atom is -0.348 e. The Morgan fingerprint density at radius 3 is 2.44 bits per heavy atom. The topological polar surface area (TPSA) is 93.4 Å². The maximum Gasteiger partial charge on any atom is 0.270 e. The van der Waals surface area contributed by atoms with Crippen LogP contribution in [-0.4, -0.2) is 36.7 Å². The zero-order chi connectivity index (χ0) is 22.9. The van der Waals surface area contributed by atoms with Crippen molar-refractivity contribution in [1.29, 1.82) is 0 Å². The molecule has 0 spiro atoms. The van der Waals surface area contributed by atoms with Gasteiger partial charge in [-0.15, -0.1) is 11.3 Å². The minimum atomic E-state index is -3.62. The molecule has 1 saturated heterocycles. The lowest BCUT2D eigenvalue weighted by atomic mass is 9.99. The van der Waals surface area contributed by atoms with Crippen molar-refractivity contribution in [2.75, 3.05) is 18.0 Å². The number of sulfone groups is 1. The number of thiazole rings is 1. The van der Waals surface area contributed by atoms with Crippen LogP contribution in [0.15, 0.2) is 52.7 Å². The van der Waals surface area contributed by atoms with Crippen LogP contribution in [0.5, 0.6) is 0 Å². The van der Waals surface area contributed by atoms with E-state index in [0.29, 0.717) is 25.9 Å². The summed E-state index contributed by atoms with van der Waals surface area (Å²) < 4.78 is 26.0. The number of nitro benzene ring substituents is 1. The van der Waals surface area contributed by atoms with Crippen molar-refractivity contribution < 1.29 is 13.3 Å². The molecule has 0 bridgehead atoms. The molecule has 0 radical (unpaired) electrons. The van der Waals surface area contributed by atoms with E-state index in [0.717, 1.165) is 23.3 Å². The molecule has 0 amide bonds. The van der Waals surface area contributed by atoms with Crippen molar-refractivity contribution in [3.63, 3.8) is 0 Å². The fraction of sp³-hybridized carbons (Fsp3) is 0.348. The summed E-state index contributed by atoms with van der Waals surface area (Å²) in [4.78, 5) is 17.4. The van der Waals surface area contributed by atoms with Gasteiger partial charge in [0.25, 0.3) is 5.69 Å². The fourth-order valence-corrected chi connectivity index (χ4v) is 6.80. The van der Waals surface area contributed by atoms with E-state index in [4.69, 9.17) is 4.98 Å². The number of piperidine rings is 1. The molecule has 1 aliphatic rings. The van der Waals surface area contributed by atoms with Crippen molar-refractivity contribution >= 4 is 32.0 Å². The van der Waals surface area contributed by atoms with E-state index in [1.165, 1.54) is 34.9 Å². The highest BCUT2D eigenvalue weighted by atomic mass is 32.2. The summed E-state index contributed by atoms with van der Waals surface area (Å²) in [5.74, 6) is 0. The van der Waals surface area contributed by atoms with Gasteiger partial charge >= 0.3 is 0 Å². The van der Waals surface area contributed by atoms with E-state index in [2.05, 4.69) is 42.3 Å². The van der Waals surface area contributed by atoms with Gasteiger partial charge in [0.2, 0.25) is 0 Å². The predicted molar refractivity (Wildman–Crippen MR) is 126 cm³/mol. The minimum absolute atomic E-state index is 0.0234. The van der Waals surface area contributed by atoms with Crippen LogP contribution in [-0.2, 0) is 16.3 Å². The van der Waals surface area contributed by atoms with E-state index in [9.17, 15) is 18.5 Å². The Balaban J connectivity index is 1.43. The summed E-state index contributed by atoms with van der Waals surface area (Å²) >= 11 is 1.59. The summed E-state index contributed by atoms with van der Waals surface area (Å²) in [6.45, 7) is 5.41. The molecule has 0 aliphatic carbocycles. The second-order valence-electron chi connectivity index (χ2n) is 8.15. The lowest BCUT2D eigenvalue weighted by Crippen LogP contribution is -2.39. The van der Waals surface area contributed by atoms with Crippen LogP contribution in [0, 0.1) is 24.0 Å². The molecular weight excluding hydrogens is 446 g/mol. The van der Waals surface area contributed by atoms with Crippen LogP contribution in [0.4, 0.5) is 10.8 Å². The van der Waals surface area contributed by atoms with Gasteiger partial charge in [-0.3, -0.25) is 10.1 Å². The van der Waals surface area contributed by atoms with Crippen LogP contribution in [0.1, 0.15) is 35.2 Å². The number of aromatic nitrogens is 1. The summed E-state index contributed by atoms with van der Waals surface area (Å²) in [7, 11) is -3.62. The number of anilines is 1. The van der Waals surface area contributed by atoms with Gasteiger partial charge in [-0.05, 0) is 49.4 Å². The van der Waals surface area contributed by atoms with Gasteiger partial charge in [0.15, 0.2) is 15.0 Å². The van der Waals surface area contributed by atoms with Crippen LogP contribution >= 0.6 is 11.3 Å². The Bertz CT molecular complexity index is 1230. The number of benzene rings is 2. The summed E-state index contributed by atoms with van der Waals surface area (Å²) in [5.41, 5.74) is 4.63. The first-order valence-corrected chi connectivity index (χ1v) is 12.9. The monoisotopic (exact) mass is 471 g/mol. The molecule has 3 aromatic rings. The lowest BCUT2D eigenvalue weighted by Gasteiger charge is -2.31. The SMILES string of the molecule is Cc1cccc(C)c1Cc1csc(N2CCC(S(=O)(=O)c3cccc([N+](=O)[O-])c3)CC2)n1. The first kappa shape index (κ1) is 22.4. The molecule has 0 N–H and O–H groups in total. The van der Waals surface area contributed by atoms with Gasteiger partial charge in [0.05, 0.1) is 20.8 Å². The summed E-state index contributed by atoms with van der Waals surface area (Å²) in [6, 6.07) is 11.6. The van der Waals surface area contributed by atoms with Gasteiger partial charge in [-0.1, -0.05) is 24.3 Å². The molecule has 7 nitrogen and oxygen atoms in total. The summed E-state index contributed by atoms with van der Waals surface area (Å²) in [6.07, 6.45) is 1.72. The number of hydrogen-bond acceptors (Lipinski definition) is 7. The highest BCUT2D eigenvalue weighted by molar-refractivity contribution is 7.92. The Hall–Kier alpha value is -2.78. The number of hydrogen-bond donors (Lipinski definition) is 0. The Morgan fingerprint density at radius 2 is 1.78 bits per heavy atom. The van der Waals surface area contributed by atoms with Crippen molar-refractivity contribution in [3.05, 3.63) is 80.3 Å². The molecular formula is C23H25N3O4S2. The number of rotatable bonds is 6. The largest absolute Gasteiger partial charge is 0.348 e. The molecule has 2 aromatic carbocycles. The quantitative estimate of drug-likeness (QED) is 0.382. The Kier molecular flexibility index (Phi) is 6.30. The molecule has 4 rings (SSSR count). The number of nitro groups is 1. The normalized spacial score (nSPS) is 15.1. The lowest BCUT2D eigenvalue weighted by molar-refractivity contribution is -0.385. The van der Waals surface area contributed by atoms with Crippen LogP contribution < -0.4 is 4.90 Å². The predicted octanol–water partition coefficient (Wildman–Crippen LogP) is 4.70. The maximum atomic E-state index is 13.0. The third-order valence-corrected chi connectivity index (χ3v) is 9.26. The van der Waals surface area contributed by atoms with Gasteiger partial charge in [-0.25, -0.2) is 13.4 Å². The van der Waals surface area contributed by atoms with E-state index in [1.807, 2.05) is 0 Å². The third-order valence-electron chi connectivity index (χ3n) is 6.05. The van der Waals surface area contributed by atoms with Gasteiger partial charge in [0.1, 0.15) is 0 Å². The van der Waals surface area contributed by atoms with Crippen LogP contribution in [0.25, 0.3) is 0 Å². The fourth-order valence-electron chi connectivity index (χ4n) is 4.16. The highest BCUT2D eigenvalue weighted by Crippen LogP contribution is 2.31. The summed E-state index contributed by atoms with van der Waals surface area (Å²) in [5, 5.41) is 13.5. The molecule has 0 atom stereocenters. The number of aryl methyl sites for hydroxylation is 2. The van der Waals surface area contributed by atoms with Crippen molar-refractivity contribution in [3.8, 4) is 0 Å². The average molecular weight is 472 g/mol. The van der Waals surface area contributed by atoms with E-state index in [1.54, 1.807) is 11.3 Å². The van der Waals surface area contributed by atoms with Gasteiger partial charge < -0.3 is 4.90 Å². The number of nitrogens with zero attached hydrogens (tertiary/aromatic N) is 3. The number of non-ortho nitro benzene ring substituents is 1. The standard InChI is InChI=1S/C23H25N3O4S2/c1-16-5-3-6-17(2)22(16)13-18-15-31-23(24-18)25-11-9-20(10-12-25)32(29,30)21-8-4-7-19(14-21)26(27)28/h3-8,14-15,20H,9-13H2,1-2H3. The second-order valence-corrected chi connectivity index (χ2v) is 11.2. The third kappa shape index (κ3) is 4.54. The van der Waals surface area contributed by atoms with Gasteiger partial charge in [-0.2, -0.15) is 0 Å². The smallest absolute Gasteiger partial charge is 0.270 e. The molecule has 1 aliphatic heterocycles. The highest BCUT2D eigenvalue weighted by Gasteiger charge is 2.32.